The van der Waals surface area contributed by atoms with Crippen LogP contribution in [0.4, 0.5) is 5.69 Å². The van der Waals surface area contributed by atoms with Crippen LogP contribution in [0.2, 0.25) is 0 Å². The van der Waals surface area contributed by atoms with Gasteiger partial charge in [0.15, 0.2) is 6.54 Å². The summed E-state index contributed by atoms with van der Waals surface area (Å²) in [7, 11) is 0. The van der Waals surface area contributed by atoms with E-state index in [1.807, 2.05) is 30.5 Å². The SMILES string of the molecule is O=C(C[NH+]1CCN(c2ccccc2)CC1)N1N=CC[C@@H]1c1ccccc1. The molecule has 0 aliphatic carbocycles. The standard InChI is InChI=1S/C21H24N4O/c26-21(25-20(11-12-22-25)18-7-3-1-4-8-18)17-23-13-15-24(16-14-23)19-9-5-2-6-10-19/h1-10,12,20H,11,13-17H2/p+1/t20-/m1/s1. The second kappa shape index (κ2) is 7.70. The summed E-state index contributed by atoms with van der Waals surface area (Å²) in [6.45, 7) is 4.45. The molecule has 1 atom stereocenters. The van der Waals surface area contributed by atoms with Gasteiger partial charge in [0.05, 0.1) is 32.2 Å². The Labute approximate surface area is 154 Å². The van der Waals surface area contributed by atoms with Crippen molar-refractivity contribution < 1.29 is 9.69 Å². The molecule has 1 fully saturated rings. The van der Waals surface area contributed by atoms with Crippen LogP contribution in [0.1, 0.15) is 18.0 Å². The van der Waals surface area contributed by atoms with Gasteiger partial charge in [0, 0.05) is 18.3 Å². The fourth-order valence-electron chi connectivity index (χ4n) is 3.80. The number of hydrogen-bond donors (Lipinski definition) is 1. The lowest BCUT2D eigenvalue weighted by Gasteiger charge is -2.34. The highest BCUT2D eigenvalue weighted by Crippen LogP contribution is 2.27. The highest BCUT2D eigenvalue weighted by Gasteiger charge is 2.31. The molecule has 5 nitrogen and oxygen atoms in total. The quantitative estimate of drug-likeness (QED) is 0.905. The van der Waals surface area contributed by atoms with E-state index in [9.17, 15) is 4.79 Å². The van der Waals surface area contributed by atoms with Gasteiger partial charge in [-0.25, -0.2) is 5.01 Å². The minimum Gasteiger partial charge on any atom is -0.360 e. The fourth-order valence-corrected chi connectivity index (χ4v) is 3.80. The number of hydrazone groups is 1. The Morgan fingerprint density at radius 3 is 2.35 bits per heavy atom. The van der Waals surface area contributed by atoms with E-state index in [1.165, 1.54) is 10.6 Å². The molecule has 0 radical (unpaired) electrons. The van der Waals surface area contributed by atoms with Crippen molar-refractivity contribution in [1.82, 2.24) is 5.01 Å². The second-order valence-corrected chi connectivity index (χ2v) is 6.95. The van der Waals surface area contributed by atoms with Gasteiger partial charge in [0.1, 0.15) is 0 Å². The Morgan fingerprint density at radius 1 is 1.00 bits per heavy atom. The lowest BCUT2D eigenvalue weighted by atomic mass is 10.0. The molecular weight excluding hydrogens is 324 g/mol. The number of carbonyl (C=O) groups is 1. The third-order valence-corrected chi connectivity index (χ3v) is 5.26. The smallest absolute Gasteiger partial charge is 0.298 e. The Bertz CT molecular complexity index is 754. The van der Waals surface area contributed by atoms with Gasteiger partial charge in [0.25, 0.3) is 5.91 Å². The molecule has 2 aliphatic rings. The number of hydrogen-bond acceptors (Lipinski definition) is 3. The Morgan fingerprint density at radius 2 is 1.65 bits per heavy atom. The van der Waals surface area contributed by atoms with E-state index < -0.39 is 0 Å². The summed E-state index contributed by atoms with van der Waals surface area (Å²) >= 11 is 0. The molecule has 26 heavy (non-hydrogen) atoms. The van der Waals surface area contributed by atoms with Crippen LogP contribution >= 0.6 is 0 Å². The van der Waals surface area contributed by atoms with Crippen molar-refractivity contribution in [3.63, 3.8) is 0 Å². The maximum Gasteiger partial charge on any atom is 0.298 e. The van der Waals surface area contributed by atoms with Crippen molar-refractivity contribution in [2.24, 2.45) is 5.10 Å². The van der Waals surface area contributed by atoms with Crippen molar-refractivity contribution in [3.05, 3.63) is 66.2 Å². The Hall–Kier alpha value is -2.66. The van der Waals surface area contributed by atoms with Gasteiger partial charge in [-0.1, -0.05) is 48.5 Å². The predicted octanol–water partition coefficient (Wildman–Crippen LogP) is 1.35. The van der Waals surface area contributed by atoms with E-state index >= 15 is 0 Å². The molecule has 134 valence electrons. The minimum atomic E-state index is 0.0497. The highest BCUT2D eigenvalue weighted by molar-refractivity contribution is 5.80. The zero-order valence-electron chi connectivity index (χ0n) is 14.9. The van der Waals surface area contributed by atoms with E-state index in [0.29, 0.717) is 6.54 Å². The molecule has 1 saturated heterocycles. The average molecular weight is 349 g/mol. The summed E-state index contributed by atoms with van der Waals surface area (Å²) in [6, 6.07) is 20.7. The first-order chi connectivity index (χ1) is 12.8. The molecule has 5 heteroatoms. The van der Waals surface area contributed by atoms with Crippen molar-refractivity contribution in [2.45, 2.75) is 12.5 Å². The van der Waals surface area contributed by atoms with Crippen LogP contribution in [0.5, 0.6) is 0 Å². The second-order valence-electron chi connectivity index (χ2n) is 6.95. The van der Waals surface area contributed by atoms with E-state index in [1.54, 1.807) is 5.01 Å². The summed E-state index contributed by atoms with van der Waals surface area (Å²) in [4.78, 5) is 16.6. The van der Waals surface area contributed by atoms with Crippen LogP contribution in [0.3, 0.4) is 0 Å². The molecule has 0 bridgehead atoms. The predicted molar refractivity (Wildman–Crippen MR) is 103 cm³/mol. The summed E-state index contributed by atoms with van der Waals surface area (Å²) in [5.41, 5.74) is 2.42. The summed E-state index contributed by atoms with van der Waals surface area (Å²) in [5.74, 6) is 0.121. The molecule has 1 amide bonds. The fraction of sp³-hybridized carbons (Fsp3) is 0.333. The minimum absolute atomic E-state index is 0.0497. The molecule has 2 heterocycles. The number of quaternary nitrogens is 1. The van der Waals surface area contributed by atoms with Gasteiger partial charge < -0.3 is 9.80 Å². The number of anilines is 1. The van der Waals surface area contributed by atoms with E-state index in [2.05, 4.69) is 46.4 Å². The van der Waals surface area contributed by atoms with Crippen molar-refractivity contribution in [2.75, 3.05) is 37.6 Å². The molecule has 0 spiro atoms. The number of benzene rings is 2. The molecular formula is C21H25N4O+. The molecule has 4 rings (SSSR count). The first kappa shape index (κ1) is 16.8. The van der Waals surface area contributed by atoms with Gasteiger partial charge >= 0.3 is 0 Å². The van der Waals surface area contributed by atoms with E-state index in [4.69, 9.17) is 0 Å². The first-order valence-corrected chi connectivity index (χ1v) is 9.34. The number of piperazine rings is 1. The monoisotopic (exact) mass is 349 g/mol. The van der Waals surface area contributed by atoms with Gasteiger partial charge in [-0.15, -0.1) is 0 Å². The maximum atomic E-state index is 12.8. The van der Waals surface area contributed by atoms with Gasteiger partial charge in [0.2, 0.25) is 0 Å². The lowest BCUT2D eigenvalue weighted by molar-refractivity contribution is -0.892. The summed E-state index contributed by atoms with van der Waals surface area (Å²) < 4.78 is 0. The van der Waals surface area contributed by atoms with Crippen molar-refractivity contribution >= 4 is 17.8 Å². The number of carbonyl (C=O) groups excluding carboxylic acids is 1. The number of para-hydroxylation sites is 1. The molecule has 0 aromatic heterocycles. The summed E-state index contributed by atoms with van der Waals surface area (Å²) in [5, 5.41) is 6.04. The number of amides is 1. The van der Waals surface area contributed by atoms with Crippen molar-refractivity contribution in [1.29, 1.82) is 0 Å². The molecule has 1 N–H and O–H groups in total. The molecule has 0 unspecified atom stereocenters. The summed E-state index contributed by atoms with van der Waals surface area (Å²) in [6.07, 6.45) is 2.66. The molecule has 2 aromatic carbocycles. The van der Waals surface area contributed by atoms with Gasteiger partial charge in [-0.2, -0.15) is 5.10 Å². The topological polar surface area (TPSA) is 40.4 Å². The largest absolute Gasteiger partial charge is 0.360 e. The zero-order valence-corrected chi connectivity index (χ0v) is 14.9. The maximum absolute atomic E-state index is 12.8. The Balaban J connectivity index is 1.33. The zero-order chi connectivity index (χ0) is 17.8. The lowest BCUT2D eigenvalue weighted by Crippen LogP contribution is -3.15. The van der Waals surface area contributed by atoms with Crippen LogP contribution in [0.15, 0.2) is 65.8 Å². The van der Waals surface area contributed by atoms with Gasteiger partial charge in [-0.3, -0.25) is 4.79 Å². The van der Waals surface area contributed by atoms with Crippen molar-refractivity contribution in [3.8, 4) is 0 Å². The third kappa shape index (κ3) is 3.63. The van der Waals surface area contributed by atoms with Crippen LogP contribution in [-0.2, 0) is 4.79 Å². The Kier molecular flexibility index (Phi) is 4.97. The number of nitrogens with one attached hydrogen (secondary N) is 1. The van der Waals surface area contributed by atoms with Crippen LogP contribution in [0.25, 0.3) is 0 Å². The van der Waals surface area contributed by atoms with E-state index in [-0.39, 0.29) is 11.9 Å². The molecule has 2 aromatic rings. The third-order valence-electron chi connectivity index (χ3n) is 5.26. The van der Waals surface area contributed by atoms with Crippen LogP contribution in [-0.4, -0.2) is 49.9 Å². The normalized spacial score (nSPS) is 20.5. The average Bonchev–Trinajstić information content (AvgIpc) is 3.20. The molecule has 0 saturated carbocycles. The number of rotatable bonds is 4. The molecule has 2 aliphatic heterocycles. The van der Waals surface area contributed by atoms with Crippen LogP contribution < -0.4 is 9.80 Å². The van der Waals surface area contributed by atoms with E-state index in [0.717, 1.165) is 38.2 Å². The highest BCUT2D eigenvalue weighted by atomic mass is 16.2. The first-order valence-electron chi connectivity index (χ1n) is 9.34. The van der Waals surface area contributed by atoms with Crippen LogP contribution in [0, 0.1) is 0 Å². The van der Waals surface area contributed by atoms with Gasteiger partial charge in [-0.05, 0) is 17.7 Å². The number of nitrogens with zero attached hydrogens (tertiary/aromatic N) is 3.